The van der Waals surface area contributed by atoms with E-state index in [2.05, 4.69) is 5.16 Å². The molecule has 0 unspecified atom stereocenters. The van der Waals surface area contributed by atoms with Gasteiger partial charge >= 0.3 is 0 Å². The Balaban J connectivity index is 1.94. The lowest BCUT2D eigenvalue weighted by atomic mass is 10.0. The van der Waals surface area contributed by atoms with Crippen LogP contribution in [0.25, 0.3) is 0 Å². The van der Waals surface area contributed by atoms with Gasteiger partial charge in [-0.1, -0.05) is 35.8 Å². The average Bonchev–Trinajstić information content (AvgIpc) is 2.93. The number of hydrogen-bond donors (Lipinski definition) is 0. The molecule has 108 valence electrons. The Kier molecular flexibility index (Phi) is 5.01. The van der Waals surface area contributed by atoms with Crippen LogP contribution in [0, 0.1) is 0 Å². The van der Waals surface area contributed by atoms with E-state index >= 15 is 0 Å². The summed E-state index contributed by atoms with van der Waals surface area (Å²) < 4.78 is 0. The SMILES string of the molecule is CCC(=O)N(CC)C[C@@H]1CC(c2ccc(Cl)cc2)=NO1. The normalized spacial score (nSPS) is 17.6. The standard InChI is InChI=1S/C15H19ClN2O2/c1-3-15(19)18(4-2)10-13-9-14(17-20-13)11-5-7-12(16)8-6-11/h5-8,13H,3-4,9-10H2,1-2H3/t13-/m0/s1. The first-order chi connectivity index (χ1) is 9.63. The van der Waals surface area contributed by atoms with E-state index in [0.29, 0.717) is 24.5 Å². The summed E-state index contributed by atoms with van der Waals surface area (Å²) in [5, 5.41) is 4.83. The van der Waals surface area contributed by atoms with Crippen molar-refractivity contribution < 1.29 is 9.63 Å². The summed E-state index contributed by atoms with van der Waals surface area (Å²) in [4.78, 5) is 19.0. The van der Waals surface area contributed by atoms with Crippen LogP contribution in [-0.4, -0.2) is 35.7 Å². The van der Waals surface area contributed by atoms with E-state index < -0.39 is 0 Å². The third-order valence-electron chi connectivity index (χ3n) is 3.37. The molecule has 1 atom stereocenters. The van der Waals surface area contributed by atoms with Crippen LogP contribution in [0.3, 0.4) is 0 Å². The quantitative estimate of drug-likeness (QED) is 0.837. The molecule has 0 bridgehead atoms. The van der Waals surface area contributed by atoms with Gasteiger partial charge in [0, 0.05) is 24.4 Å². The topological polar surface area (TPSA) is 41.9 Å². The average molecular weight is 295 g/mol. The zero-order valence-corrected chi connectivity index (χ0v) is 12.6. The van der Waals surface area contributed by atoms with E-state index in [1.807, 2.05) is 43.0 Å². The highest BCUT2D eigenvalue weighted by atomic mass is 35.5. The number of nitrogens with zero attached hydrogens (tertiary/aromatic N) is 2. The van der Waals surface area contributed by atoms with Crippen molar-refractivity contribution in [2.45, 2.75) is 32.8 Å². The van der Waals surface area contributed by atoms with Gasteiger partial charge in [0.15, 0.2) is 6.10 Å². The fourth-order valence-electron chi connectivity index (χ4n) is 2.22. The van der Waals surface area contributed by atoms with Crippen molar-refractivity contribution in [3.05, 3.63) is 34.9 Å². The van der Waals surface area contributed by atoms with Crippen LogP contribution in [0.2, 0.25) is 5.02 Å². The van der Waals surface area contributed by atoms with Crippen molar-refractivity contribution in [3.63, 3.8) is 0 Å². The molecule has 1 aromatic rings. The molecule has 0 radical (unpaired) electrons. The lowest BCUT2D eigenvalue weighted by Crippen LogP contribution is -2.37. The smallest absolute Gasteiger partial charge is 0.222 e. The van der Waals surface area contributed by atoms with E-state index in [0.717, 1.165) is 17.7 Å². The van der Waals surface area contributed by atoms with Gasteiger partial charge in [0.05, 0.1) is 12.3 Å². The first-order valence-electron chi connectivity index (χ1n) is 6.90. The molecule has 2 rings (SSSR count). The molecule has 1 heterocycles. The summed E-state index contributed by atoms with van der Waals surface area (Å²) in [6.07, 6.45) is 1.18. The highest BCUT2D eigenvalue weighted by molar-refractivity contribution is 6.30. The van der Waals surface area contributed by atoms with E-state index in [4.69, 9.17) is 16.4 Å². The van der Waals surface area contributed by atoms with Crippen LogP contribution in [0.4, 0.5) is 0 Å². The van der Waals surface area contributed by atoms with Crippen LogP contribution in [-0.2, 0) is 9.63 Å². The molecule has 5 heteroatoms. The largest absolute Gasteiger partial charge is 0.390 e. The van der Waals surface area contributed by atoms with Crippen molar-refractivity contribution >= 4 is 23.2 Å². The molecule has 4 nitrogen and oxygen atoms in total. The Hall–Kier alpha value is -1.55. The molecule has 0 saturated heterocycles. The lowest BCUT2D eigenvalue weighted by Gasteiger charge is -2.22. The molecule has 1 amide bonds. The Labute approximate surface area is 124 Å². The predicted octanol–water partition coefficient (Wildman–Crippen LogP) is 3.09. The summed E-state index contributed by atoms with van der Waals surface area (Å²) >= 11 is 5.87. The van der Waals surface area contributed by atoms with Crippen molar-refractivity contribution in [2.75, 3.05) is 13.1 Å². The minimum atomic E-state index is -0.0591. The Morgan fingerprint density at radius 3 is 2.70 bits per heavy atom. The maximum absolute atomic E-state index is 11.7. The van der Waals surface area contributed by atoms with E-state index in [-0.39, 0.29) is 12.0 Å². The van der Waals surface area contributed by atoms with E-state index in [9.17, 15) is 4.79 Å². The molecular formula is C15H19ClN2O2. The first-order valence-corrected chi connectivity index (χ1v) is 7.28. The predicted molar refractivity (Wildman–Crippen MR) is 80.0 cm³/mol. The van der Waals surface area contributed by atoms with E-state index in [1.54, 1.807) is 0 Å². The van der Waals surface area contributed by atoms with Gasteiger partial charge in [0.2, 0.25) is 5.91 Å². The molecule has 0 fully saturated rings. The van der Waals surface area contributed by atoms with Gasteiger partial charge in [-0.2, -0.15) is 0 Å². The van der Waals surface area contributed by atoms with Gasteiger partial charge in [-0.25, -0.2) is 0 Å². The molecule has 0 aromatic heterocycles. The molecule has 1 aliphatic heterocycles. The number of carbonyl (C=O) groups excluding carboxylic acids is 1. The molecular weight excluding hydrogens is 276 g/mol. The van der Waals surface area contributed by atoms with Crippen LogP contribution in [0.5, 0.6) is 0 Å². The van der Waals surface area contributed by atoms with Gasteiger partial charge in [0.1, 0.15) is 0 Å². The maximum atomic E-state index is 11.7. The molecule has 1 aliphatic rings. The second-order valence-electron chi connectivity index (χ2n) is 4.76. The highest BCUT2D eigenvalue weighted by Crippen LogP contribution is 2.19. The number of amides is 1. The van der Waals surface area contributed by atoms with Gasteiger partial charge in [-0.05, 0) is 24.6 Å². The first kappa shape index (κ1) is 14.9. The van der Waals surface area contributed by atoms with Crippen LogP contribution in [0.15, 0.2) is 29.4 Å². The second kappa shape index (κ2) is 6.75. The molecule has 0 saturated carbocycles. The minimum absolute atomic E-state index is 0.0591. The van der Waals surface area contributed by atoms with Crippen molar-refractivity contribution in [1.82, 2.24) is 4.90 Å². The highest BCUT2D eigenvalue weighted by Gasteiger charge is 2.25. The zero-order chi connectivity index (χ0) is 14.5. The number of carbonyl (C=O) groups is 1. The Morgan fingerprint density at radius 2 is 2.10 bits per heavy atom. The molecule has 0 N–H and O–H groups in total. The van der Waals surface area contributed by atoms with Crippen molar-refractivity contribution in [3.8, 4) is 0 Å². The number of hydrogen-bond acceptors (Lipinski definition) is 3. The molecule has 1 aromatic carbocycles. The molecule has 0 spiro atoms. The van der Waals surface area contributed by atoms with Gasteiger partial charge < -0.3 is 9.74 Å². The number of halogens is 1. The monoisotopic (exact) mass is 294 g/mol. The fourth-order valence-corrected chi connectivity index (χ4v) is 2.34. The van der Waals surface area contributed by atoms with Gasteiger partial charge in [-0.15, -0.1) is 0 Å². The van der Waals surface area contributed by atoms with Crippen LogP contribution in [0.1, 0.15) is 32.3 Å². The summed E-state index contributed by atoms with van der Waals surface area (Å²) in [6.45, 7) is 5.13. The Morgan fingerprint density at radius 1 is 1.40 bits per heavy atom. The molecule has 0 aliphatic carbocycles. The Bertz CT molecular complexity index is 499. The summed E-state index contributed by atoms with van der Waals surface area (Å²) in [6, 6.07) is 7.54. The number of oxime groups is 1. The van der Waals surface area contributed by atoms with E-state index in [1.165, 1.54) is 0 Å². The van der Waals surface area contributed by atoms with Gasteiger partial charge in [0.25, 0.3) is 0 Å². The summed E-state index contributed by atoms with van der Waals surface area (Å²) in [5.74, 6) is 0.149. The van der Waals surface area contributed by atoms with Crippen molar-refractivity contribution in [1.29, 1.82) is 0 Å². The maximum Gasteiger partial charge on any atom is 0.222 e. The van der Waals surface area contributed by atoms with Crippen LogP contribution >= 0.6 is 11.6 Å². The van der Waals surface area contributed by atoms with Crippen LogP contribution < -0.4 is 0 Å². The zero-order valence-electron chi connectivity index (χ0n) is 11.8. The van der Waals surface area contributed by atoms with Gasteiger partial charge in [-0.3, -0.25) is 4.79 Å². The number of rotatable bonds is 5. The lowest BCUT2D eigenvalue weighted by molar-refractivity contribution is -0.132. The molecule has 20 heavy (non-hydrogen) atoms. The number of likely N-dealkylation sites (N-methyl/N-ethyl adjacent to an activating group) is 1. The third kappa shape index (κ3) is 3.51. The fraction of sp³-hybridized carbons (Fsp3) is 0.467. The summed E-state index contributed by atoms with van der Waals surface area (Å²) in [7, 11) is 0. The second-order valence-corrected chi connectivity index (χ2v) is 5.20. The minimum Gasteiger partial charge on any atom is -0.390 e. The summed E-state index contributed by atoms with van der Waals surface area (Å²) in [5.41, 5.74) is 1.92. The van der Waals surface area contributed by atoms with Crippen molar-refractivity contribution in [2.24, 2.45) is 5.16 Å². The third-order valence-corrected chi connectivity index (χ3v) is 3.62. The number of benzene rings is 1.